The third kappa shape index (κ3) is 3.67. The lowest BCUT2D eigenvalue weighted by molar-refractivity contribution is 0.0194. The number of thiophene rings is 1. The number of ether oxygens (including phenoxy) is 1. The fourth-order valence-corrected chi connectivity index (χ4v) is 3.94. The van der Waals surface area contributed by atoms with E-state index in [1.165, 1.54) is 4.88 Å². The number of aromatic nitrogens is 2. The summed E-state index contributed by atoms with van der Waals surface area (Å²) in [5, 5.41) is 5.36. The second-order valence-electron chi connectivity index (χ2n) is 6.07. The zero-order valence-electron chi connectivity index (χ0n) is 14.0. The second kappa shape index (κ2) is 7.61. The van der Waals surface area contributed by atoms with Crippen molar-refractivity contribution in [1.82, 2.24) is 14.9 Å². The Balaban J connectivity index is 1.53. The van der Waals surface area contributed by atoms with Gasteiger partial charge in [0.25, 0.3) is 0 Å². The first-order valence-corrected chi connectivity index (χ1v) is 9.29. The summed E-state index contributed by atoms with van der Waals surface area (Å²) in [6.07, 6.45) is 1.55. The fraction of sp³-hybridized carbons (Fsp3) is 0.333. The molecule has 1 N–H and O–H groups in total. The summed E-state index contributed by atoms with van der Waals surface area (Å²) in [6.45, 7) is 3.84. The van der Waals surface area contributed by atoms with Gasteiger partial charge >= 0.3 is 0 Å². The molecular weight excluding hydrogens is 358 g/mol. The molecule has 1 unspecified atom stereocenters. The van der Waals surface area contributed by atoms with E-state index >= 15 is 0 Å². The molecule has 2 aromatic heterocycles. The predicted molar refractivity (Wildman–Crippen MR) is 97.4 cm³/mol. The van der Waals surface area contributed by atoms with E-state index in [0.717, 1.165) is 38.4 Å². The van der Waals surface area contributed by atoms with E-state index < -0.39 is 11.6 Å². The molecule has 26 heavy (non-hydrogen) atoms. The third-order valence-electron chi connectivity index (χ3n) is 4.42. The van der Waals surface area contributed by atoms with Crippen LogP contribution in [0, 0.1) is 11.6 Å². The van der Waals surface area contributed by atoms with Crippen molar-refractivity contribution in [3.63, 3.8) is 0 Å². The number of nitrogens with zero attached hydrogens (tertiary/aromatic N) is 3. The number of rotatable bonds is 5. The minimum absolute atomic E-state index is 0.196. The molecule has 1 aliphatic rings. The SMILES string of the molecule is Fc1cc2ncc(NCC(c3cccs3)N3CCOCC3)nc2cc1F. The number of nitrogens with one attached hydrogen (secondary N) is 1. The molecule has 5 nitrogen and oxygen atoms in total. The molecule has 0 amide bonds. The van der Waals surface area contributed by atoms with Gasteiger partial charge in [-0.3, -0.25) is 9.88 Å². The first kappa shape index (κ1) is 17.3. The highest BCUT2D eigenvalue weighted by atomic mass is 32.1. The molecule has 136 valence electrons. The highest BCUT2D eigenvalue weighted by Gasteiger charge is 2.23. The first-order valence-electron chi connectivity index (χ1n) is 8.41. The van der Waals surface area contributed by atoms with E-state index in [0.29, 0.717) is 23.4 Å². The molecule has 1 aromatic carbocycles. The Hall–Kier alpha value is -2.16. The van der Waals surface area contributed by atoms with Crippen LogP contribution in [0.1, 0.15) is 10.9 Å². The van der Waals surface area contributed by atoms with Crippen LogP contribution in [0.5, 0.6) is 0 Å². The minimum Gasteiger partial charge on any atom is -0.379 e. The largest absolute Gasteiger partial charge is 0.379 e. The van der Waals surface area contributed by atoms with Gasteiger partial charge in [0.1, 0.15) is 5.82 Å². The Morgan fingerprint density at radius 3 is 2.69 bits per heavy atom. The van der Waals surface area contributed by atoms with Gasteiger partial charge in [0.05, 0.1) is 36.5 Å². The van der Waals surface area contributed by atoms with Crippen LogP contribution in [0.2, 0.25) is 0 Å². The maximum absolute atomic E-state index is 13.4. The minimum atomic E-state index is -0.922. The van der Waals surface area contributed by atoms with E-state index in [1.807, 2.05) is 6.07 Å². The van der Waals surface area contributed by atoms with Gasteiger partial charge in [-0.05, 0) is 11.4 Å². The highest BCUT2D eigenvalue weighted by Crippen LogP contribution is 2.26. The van der Waals surface area contributed by atoms with Crippen molar-refractivity contribution in [3.05, 3.63) is 52.4 Å². The summed E-state index contributed by atoms with van der Waals surface area (Å²) in [6, 6.07) is 6.49. The number of anilines is 1. The summed E-state index contributed by atoms with van der Waals surface area (Å²) < 4.78 is 32.2. The molecule has 0 bridgehead atoms. The second-order valence-corrected chi connectivity index (χ2v) is 7.05. The van der Waals surface area contributed by atoms with Crippen LogP contribution in [-0.4, -0.2) is 47.7 Å². The lowest BCUT2D eigenvalue weighted by Gasteiger charge is -2.34. The molecule has 4 rings (SSSR count). The summed E-state index contributed by atoms with van der Waals surface area (Å²) in [5.41, 5.74) is 0.658. The number of halogens is 2. The average Bonchev–Trinajstić information content (AvgIpc) is 3.18. The van der Waals surface area contributed by atoms with Gasteiger partial charge in [0, 0.05) is 36.6 Å². The number of hydrogen-bond donors (Lipinski definition) is 1. The normalized spacial score (nSPS) is 16.7. The Morgan fingerprint density at radius 2 is 1.96 bits per heavy atom. The molecule has 1 fully saturated rings. The number of fused-ring (bicyclic) bond motifs is 1. The van der Waals surface area contributed by atoms with Crippen molar-refractivity contribution in [1.29, 1.82) is 0 Å². The van der Waals surface area contributed by atoms with E-state index in [9.17, 15) is 8.78 Å². The monoisotopic (exact) mass is 376 g/mol. The molecule has 0 aliphatic carbocycles. The average molecular weight is 376 g/mol. The third-order valence-corrected chi connectivity index (χ3v) is 5.39. The lowest BCUT2D eigenvalue weighted by atomic mass is 10.2. The first-order chi connectivity index (χ1) is 12.7. The molecule has 1 saturated heterocycles. The van der Waals surface area contributed by atoms with Crippen LogP contribution in [0.3, 0.4) is 0 Å². The smallest absolute Gasteiger partial charge is 0.161 e. The topological polar surface area (TPSA) is 50.3 Å². The van der Waals surface area contributed by atoms with E-state index in [1.54, 1.807) is 17.5 Å². The van der Waals surface area contributed by atoms with Gasteiger partial charge in [-0.1, -0.05) is 6.07 Å². The molecule has 0 spiro atoms. The molecule has 0 radical (unpaired) electrons. The Labute approximate surface area is 153 Å². The van der Waals surface area contributed by atoms with Gasteiger partial charge < -0.3 is 10.1 Å². The van der Waals surface area contributed by atoms with Crippen molar-refractivity contribution in [2.45, 2.75) is 6.04 Å². The van der Waals surface area contributed by atoms with Gasteiger partial charge in [0.15, 0.2) is 11.6 Å². The van der Waals surface area contributed by atoms with Crippen LogP contribution in [-0.2, 0) is 4.74 Å². The lowest BCUT2D eigenvalue weighted by Crippen LogP contribution is -2.41. The maximum atomic E-state index is 13.4. The summed E-state index contributed by atoms with van der Waals surface area (Å²) in [5.74, 6) is -1.30. The molecule has 3 heterocycles. The highest BCUT2D eigenvalue weighted by molar-refractivity contribution is 7.10. The molecule has 1 aliphatic heterocycles. The van der Waals surface area contributed by atoms with Crippen LogP contribution < -0.4 is 5.32 Å². The molecule has 1 atom stereocenters. The zero-order chi connectivity index (χ0) is 17.9. The molecule has 0 saturated carbocycles. The Morgan fingerprint density at radius 1 is 1.19 bits per heavy atom. The molecule has 8 heteroatoms. The van der Waals surface area contributed by atoms with Crippen molar-refractivity contribution < 1.29 is 13.5 Å². The summed E-state index contributed by atoms with van der Waals surface area (Å²) in [4.78, 5) is 12.2. The van der Waals surface area contributed by atoms with Gasteiger partial charge in [-0.2, -0.15) is 0 Å². The van der Waals surface area contributed by atoms with Crippen molar-refractivity contribution in [2.75, 3.05) is 38.2 Å². The van der Waals surface area contributed by atoms with E-state index in [-0.39, 0.29) is 6.04 Å². The quantitative estimate of drug-likeness (QED) is 0.739. The zero-order valence-corrected chi connectivity index (χ0v) is 14.8. The Kier molecular flexibility index (Phi) is 5.05. The van der Waals surface area contributed by atoms with Crippen molar-refractivity contribution >= 4 is 28.2 Å². The van der Waals surface area contributed by atoms with E-state index in [4.69, 9.17) is 4.74 Å². The van der Waals surface area contributed by atoms with Crippen LogP contribution in [0.15, 0.2) is 35.8 Å². The number of morpholine rings is 1. The van der Waals surface area contributed by atoms with Crippen molar-refractivity contribution in [2.24, 2.45) is 0 Å². The van der Waals surface area contributed by atoms with Gasteiger partial charge in [-0.15, -0.1) is 11.3 Å². The summed E-state index contributed by atoms with van der Waals surface area (Å²) in [7, 11) is 0. The van der Waals surface area contributed by atoms with Crippen LogP contribution >= 0.6 is 11.3 Å². The van der Waals surface area contributed by atoms with Crippen LogP contribution in [0.4, 0.5) is 14.6 Å². The van der Waals surface area contributed by atoms with E-state index in [2.05, 4.69) is 31.6 Å². The summed E-state index contributed by atoms with van der Waals surface area (Å²) >= 11 is 1.72. The fourth-order valence-electron chi connectivity index (χ4n) is 3.07. The standard InChI is InChI=1S/C18H18F2N4OS/c19-12-8-14-15(9-13(12)20)23-18(11-21-14)22-10-16(17-2-1-7-26-17)24-3-5-25-6-4-24/h1-2,7-9,11,16H,3-6,10H2,(H,22,23). The number of benzene rings is 1. The molecular formula is C18H18F2N4OS. The van der Waals surface area contributed by atoms with Crippen molar-refractivity contribution in [3.8, 4) is 0 Å². The number of hydrogen-bond acceptors (Lipinski definition) is 6. The Bertz CT molecular complexity index is 884. The van der Waals surface area contributed by atoms with Gasteiger partial charge in [0.2, 0.25) is 0 Å². The van der Waals surface area contributed by atoms with Gasteiger partial charge in [-0.25, -0.2) is 13.8 Å². The molecule has 3 aromatic rings. The maximum Gasteiger partial charge on any atom is 0.161 e. The predicted octanol–water partition coefficient (Wildman–Crippen LogP) is 3.45. The van der Waals surface area contributed by atoms with Crippen LogP contribution in [0.25, 0.3) is 11.0 Å².